The minimum atomic E-state index is -0.696. The van der Waals surface area contributed by atoms with Gasteiger partial charge >= 0.3 is 0 Å². The minimum Gasteiger partial charge on any atom is -0.337 e. The van der Waals surface area contributed by atoms with E-state index in [0.717, 1.165) is 17.5 Å². The lowest BCUT2D eigenvalue weighted by Gasteiger charge is -2.22. The van der Waals surface area contributed by atoms with Crippen molar-refractivity contribution in [3.05, 3.63) is 70.9 Å². The van der Waals surface area contributed by atoms with Crippen LogP contribution in [0.3, 0.4) is 0 Å². The summed E-state index contributed by atoms with van der Waals surface area (Å²) < 4.78 is 0. The van der Waals surface area contributed by atoms with Crippen molar-refractivity contribution in [2.75, 3.05) is 11.9 Å². The average Bonchev–Trinajstić information content (AvgIpc) is 3.46. The number of carbonyl (C=O) groups excluding carboxylic acids is 2. The van der Waals surface area contributed by atoms with Gasteiger partial charge in [-0.1, -0.05) is 30.3 Å². The van der Waals surface area contributed by atoms with Gasteiger partial charge in [0.2, 0.25) is 5.82 Å². The van der Waals surface area contributed by atoms with Crippen LogP contribution in [0.2, 0.25) is 0 Å². The van der Waals surface area contributed by atoms with E-state index in [-0.39, 0.29) is 23.6 Å². The number of hydrogen-bond donors (Lipinski definition) is 2. The maximum absolute atomic E-state index is 13.1. The van der Waals surface area contributed by atoms with Crippen LogP contribution in [-0.4, -0.2) is 45.1 Å². The fraction of sp³-hybridized carbons (Fsp3) is 0.273. The molecule has 154 valence electrons. The number of hydrogen-bond acceptors (Lipinski definition) is 6. The first kappa shape index (κ1) is 18.9. The highest BCUT2D eigenvalue weighted by molar-refractivity contribution is 6.02. The fourth-order valence-corrected chi connectivity index (χ4v) is 4.17. The summed E-state index contributed by atoms with van der Waals surface area (Å²) in [6.45, 7) is 0. The van der Waals surface area contributed by atoms with E-state index in [9.17, 15) is 14.9 Å². The first-order valence-electron chi connectivity index (χ1n) is 9.99. The maximum Gasteiger partial charge on any atom is 0.291 e. The normalized spacial score (nSPS) is 21.5. The second-order valence-corrected chi connectivity index (χ2v) is 7.87. The number of nitrogens with zero attached hydrogens (tertiary/aromatic N) is 5. The molecule has 0 saturated heterocycles. The predicted octanol–water partition coefficient (Wildman–Crippen LogP) is 1.54. The molecule has 3 aromatic rings. The van der Waals surface area contributed by atoms with Gasteiger partial charge in [0.25, 0.3) is 11.8 Å². The van der Waals surface area contributed by atoms with Crippen molar-refractivity contribution in [2.24, 2.45) is 5.92 Å². The number of fused-ring (bicyclic) bond motifs is 3. The van der Waals surface area contributed by atoms with Crippen LogP contribution in [-0.2, 0) is 11.2 Å². The number of anilines is 1. The predicted molar refractivity (Wildman–Crippen MR) is 110 cm³/mol. The molecule has 1 aromatic carbocycles. The van der Waals surface area contributed by atoms with Gasteiger partial charge in [0.05, 0.1) is 5.56 Å². The summed E-state index contributed by atoms with van der Waals surface area (Å²) in [5.41, 5.74) is 2.38. The van der Waals surface area contributed by atoms with E-state index >= 15 is 0 Å². The Morgan fingerprint density at radius 2 is 2.16 bits per heavy atom. The van der Waals surface area contributed by atoms with Crippen molar-refractivity contribution in [2.45, 2.75) is 24.8 Å². The van der Waals surface area contributed by atoms with Gasteiger partial charge in [0.1, 0.15) is 23.8 Å². The topological polar surface area (TPSA) is 128 Å². The molecule has 1 aliphatic heterocycles. The number of aromatic amines is 1. The Hall–Kier alpha value is -4.06. The summed E-state index contributed by atoms with van der Waals surface area (Å²) in [4.78, 5) is 35.9. The Morgan fingerprint density at radius 1 is 1.35 bits per heavy atom. The zero-order valence-corrected chi connectivity index (χ0v) is 16.7. The molecule has 2 unspecified atom stereocenters. The highest BCUT2D eigenvalue weighted by Gasteiger charge is 2.52. The Bertz CT molecular complexity index is 1210. The zero-order valence-electron chi connectivity index (χ0n) is 16.7. The van der Waals surface area contributed by atoms with E-state index < -0.39 is 11.9 Å². The number of carbonyl (C=O) groups is 2. The number of pyridine rings is 1. The van der Waals surface area contributed by atoms with Crippen molar-refractivity contribution in [3.8, 4) is 6.07 Å². The number of amides is 2. The SMILES string of the molecule is CN1C(=O)[C@@H](NC(=O)c2n[nH]c(Cc3ccccc3)n2)C2CC2c2cc(C#N)cnc21. The second kappa shape index (κ2) is 7.32. The van der Waals surface area contributed by atoms with Crippen LogP contribution in [0.1, 0.15) is 45.5 Å². The molecule has 1 fully saturated rings. The third kappa shape index (κ3) is 3.42. The van der Waals surface area contributed by atoms with Crippen LogP contribution in [0.25, 0.3) is 0 Å². The van der Waals surface area contributed by atoms with E-state index in [1.807, 2.05) is 30.3 Å². The standard InChI is InChI=1S/C22H19N7O2/c1-29-20-16(7-13(10-23)11-24-20)14-9-15(14)18(22(29)31)26-21(30)19-25-17(27-28-19)8-12-5-3-2-4-6-12/h2-7,11,14-15,18H,8-9H2,1H3,(H,26,30)(H,25,27,28)/t14?,15?,18-/m0/s1. The van der Waals surface area contributed by atoms with Crippen molar-refractivity contribution in [1.29, 1.82) is 5.26 Å². The number of aromatic nitrogens is 4. The molecule has 9 heteroatoms. The van der Waals surface area contributed by atoms with Crippen LogP contribution in [0.15, 0.2) is 42.6 Å². The van der Waals surface area contributed by atoms with Gasteiger partial charge in [-0.25, -0.2) is 9.97 Å². The summed E-state index contributed by atoms with van der Waals surface area (Å²) in [6.07, 6.45) is 2.74. The number of rotatable bonds is 4. The van der Waals surface area contributed by atoms with E-state index in [1.54, 1.807) is 13.1 Å². The summed E-state index contributed by atoms with van der Waals surface area (Å²) >= 11 is 0. The molecular weight excluding hydrogens is 394 g/mol. The van der Waals surface area contributed by atoms with Crippen LogP contribution in [0.4, 0.5) is 5.82 Å². The maximum atomic E-state index is 13.1. The molecule has 0 bridgehead atoms. The molecule has 2 N–H and O–H groups in total. The Kier molecular flexibility index (Phi) is 4.47. The van der Waals surface area contributed by atoms with E-state index in [4.69, 9.17) is 0 Å². The van der Waals surface area contributed by atoms with Crippen LogP contribution in [0.5, 0.6) is 0 Å². The van der Waals surface area contributed by atoms with Crippen LogP contribution < -0.4 is 10.2 Å². The van der Waals surface area contributed by atoms with Gasteiger partial charge in [0, 0.05) is 19.7 Å². The largest absolute Gasteiger partial charge is 0.337 e. The molecule has 31 heavy (non-hydrogen) atoms. The molecule has 1 aliphatic carbocycles. The molecule has 1 saturated carbocycles. The minimum absolute atomic E-state index is 0.00485. The molecule has 5 rings (SSSR count). The fourth-order valence-electron chi connectivity index (χ4n) is 4.17. The monoisotopic (exact) mass is 413 g/mol. The lowest BCUT2D eigenvalue weighted by molar-refractivity contribution is -0.120. The van der Waals surface area contributed by atoms with Gasteiger partial charge < -0.3 is 5.32 Å². The number of nitriles is 1. The van der Waals surface area contributed by atoms with E-state index in [2.05, 4.69) is 31.6 Å². The van der Waals surface area contributed by atoms with Gasteiger partial charge in [0.15, 0.2) is 0 Å². The smallest absolute Gasteiger partial charge is 0.291 e. The quantitative estimate of drug-likeness (QED) is 0.668. The first-order chi connectivity index (χ1) is 15.0. The second-order valence-electron chi connectivity index (χ2n) is 7.87. The van der Waals surface area contributed by atoms with Gasteiger partial charge in [-0.2, -0.15) is 5.26 Å². The van der Waals surface area contributed by atoms with Gasteiger partial charge in [-0.15, -0.1) is 5.10 Å². The number of H-pyrrole nitrogens is 1. The summed E-state index contributed by atoms with van der Waals surface area (Å²) in [7, 11) is 1.63. The zero-order chi connectivity index (χ0) is 21.5. The van der Waals surface area contributed by atoms with Crippen molar-refractivity contribution in [1.82, 2.24) is 25.5 Å². The van der Waals surface area contributed by atoms with E-state index in [1.165, 1.54) is 11.1 Å². The molecule has 2 aromatic heterocycles. The number of likely N-dealkylation sites (N-methyl/N-ethyl adjacent to an activating group) is 1. The highest BCUT2D eigenvalue weighted by Crippen LogP contribution is 2.54. The molecule has 2 amide bonds. The van der Waals surface area contributed by atoms with Crippen LogP contribution in [0, 0.1) is 17.2 Å². The summed E-state index contributed by atoms with van der Waals surface area (Å²) in [5.74, 6) is 0.419. The molecule has 2 aliphatic rings. The lowest BCUT2D eigenvalue weighted by atomic mass is 10.1. The van der Waals surface area contributed by atoms with Crippen molar-refractivity contribution >= 4 is 17.6 Å². The van der Waals surface area contributed by atoms with Crippen molar-refractivity contribution in [3.63, 3.8) is 0 Å². The summed E-state index contributed by atoms with van der Waals surface area (Å²) in [5, 5.41) is 18.8. The first-order valence-corrected chi connectivity index (χ1v) is 9.99. The number of benzene rings is 1. The summed E-state index contributed by atoms with van der Waals surface area (Å²) in [6, 6.07) is 12.9. The molecule has 3 heterocycles. The third-order valence-electron chi connectivity index (χ3n) is 5.84. The highest BCUT2D eigenvalue weighted by atomic mass is 16.2. The van der Waals surface area contributed by atoms with Gasteiger partial charge in [-0.05, 0) is 35.4 Å². The average molecular weight is 413 g/mol. The Morgan fingerprint density at radius 3 is 2.94 bits per heavy atom. The third-order valence-corrected chi connectivity index (χ3v) is 5.84. The molecule has 3 atom stereocenters. The van der Waals surface area contributed by atoms with Crippen molar-refractivity contribution < 1.29 is 9.59 Å². The lowest BCUT2D eigenvalue weighted by Crippen LogP contribution is -2.48. The molecule has 0 radical (unpaired) electrons. The molecule has 9 nitrogen and oxygen atoms in total. The van der Waals surface area contributed by atoms with E-state index in [0.29, 0.717) is 23.6 Å². The molecule has 0 spiro atoms. The Labute approximate surface area is 178 Å². The number of nitrogens with one attached hydrogen (secondary N) is 2. The Balaban J connectivity index is 1.33. The van der Waals surface area contributed by atoms with Crippen LogP contribution >= 0.6 is 0 Å². The van der Waals surface area contributed by atoms with Gasteiger partial charge in [-0.3, -0.25) is 19.6 Å². The molecular formula is C22H19N7O2.